The van der Waals surface area contributed by atoms with Gasteiger partial charge in [-0.15, -0.1) is 0 Å². The number of amides is 1. The third-order valence-corrected chi connectivity index (χ3v) is 5.97. The molecule has 0 aliphatic carbocycles. The molecule has 1 saturated heterocycles. The summed E-state index contributed by atoms with van der Waals surface area (Å²) in [5, 5.41) is 13.2. The molecule has 1 unspecified atom stereocenters. The first kappa shape index (κ1) is 22.0. The van der Waals surface area contributed by atoms with Gasteiger partial charge in [0.1, 0.15) is 0 Å². The number of carbonyl (C=O) groups excluding carboxylic acids is 2. The molecule has 2 aliphatic heterocycles. The highest BCUT2D eigenvalue weighted by Crippen LogP contribution is 2.39. The normalized spacial score (nSPS) is 16.9. The number of nitrogens with zero attached hydrogens (tertiary/aromatic N) is 2. The van der Waals surface area contributed by atoms with Crippen molar-refractivity contribution in [1.82, 2.24) is 15.1 Å². The Morgan fingerprint density at radius 3 is 2.59 bits per heavy atom. The molecule has 5 rings (SSSR count). The van der Waals surface area contributed by atoms with Crippen LogP contribution in [0.1, 0.15) is 53.2 Å². The van der Waals surface area contributed by atoms with Crippen LogP contribution in [0.4, 0.5) is 18.9 Å². The van der Waals surface area contributed by atoms with Gasteiger partial charge in [-0.3, -0.25) is 14.3 Å². The van der Waals surface area contributed by atoms with E-state index in [9.17, 15) is 18.0 Å². The van der Waals surface area contributed by atoms with Crippen molar-refractivity contribution in [3.8, 4) is 0 Å². The summed E-state index contributed by atoms with van der Waals surface area (Å²) in [6, 6.07) is 10.6. The monoisotopic (exact) mass is 444 g/mol. The Labute approximate surface area is 182 Å². The van der Waals surface area contributed by atoms with E-state index in [2.05, 4.69) is 45.7 Å². The second-order valence-corrected chi connectivity index (χ2v) is 8.00. The summed E-state index contributed by atoms with van der Waals surface area (Å²) in [4.78, 5) is 20.8. The fraction of sp³-hybridized carbons (Fsp3) is 0.348. The molecule has 9 heteroatoms. The van der Waals surface area contributed by atoms with Gasteiger partial charge in [0, 0.05) is 28.8 Å². The number of aldehydes is 1. The zero-order valence-electron chi connectivity index (χ0n) is 17.4. The van der Waals surface area contributed by atoms with E-state index < -0.39 is 12.5 Å². The van der Waals surface area contributed by atoms with Gasteiger partial charge >= 0.3 is 6.18 Å². The number of hydrogen-bond acceptors (Lipinski definition) is 4. The first-order valence-corrected chi connectivity index (χ1v) is 10.4. The minimum Gasteiger partial charge on any atom is -0.321 e. The largest absolute Gasteiger partial charge is 0.446 e. The smallest absolute Gasteiger partial charge is 0.321 e. The third-order valence-electron chi connectivity index (χ3n) is 5.97. The number of piperidine rings is 1. The van der Waals surface area contributed by atoms with E-state index in [1.54, 1.807) is 0 Å². The molecule has 0 radical (unpaired) electrons. The number of aromatic nitrogens is 2. The van der Waals surface area contributed by atoms with Crippen LogP contribution in [0.25, 0.3) is 10.8 Å². The van der Waals surface area contributed by atoms with Crippen molar-refractivity contribution in [2.75, 3.05) is 18.4 Å². The number of anilines is 1. The molecule has 0 spiro atoms. The molecule has 2 aliphatic rings. The zero-order chi connectivity index (χ0) is 22.9. The number of halogens is 3. The summed E-state index contributed by atoms with van der Waals surface area (Å²) >= 11 is 0. The van der Waals surface area contributed by atoms with Gasteiger partial charge in [-0.1, -0.05) is 25.1 Å². The minimum atomic E-state index is -4.64. The van der Waals surface area contributed by atoms with Crippen LogP contribution >= 0.6 is 0 Å². The highest BCUT2D eigenvalue weighted by molar-refractivity contribution is 6.24. The van der Waals surface area contributed by atoms with Gasteiger partial charge in [0.05, 0.1) is 12.2 Å². The van der Waals surface area contributed by atoms with Crippen LogP contribution in [-0.4, -0.2) is 41.2 Å². The quantitative estimate of drug-likeness (QED) is 0.587. The molecule has 1 amide bonds. The molecule has 2 aromatic carbocycles. The zero-order valence-corrected chi connectivity index (χ0v) is 17.4. The molecule has 3 aromatic rings. The topological polar surface area (TPSA) is 76.0 Å². The first-order chi connectivity index (χ1) is 15.3. The molecule has 6 nitrogen and oxygen atoms in total. The molecule has 1 atom stereocenters. The second-order valence-electron chi connectivity index (χ2n) is 8.00. The van der Waals surface area contributed by atoms with Crippen LogP contribution in [0.3, 0.4) is 0 Å². The van der Waals surface area contributed by atoms with E-state index in [1.165, 1.54) is 11.1 Å². The van der Waals surface area contributed by atoms with E-state index in [1.807, 2.05) is 24.4 Å². The fourth-order valence-corrected chi connectivity index (χ4v) is 4.32. The van der Waals surface area contributed by atoms with Gasteiger partial charge in [0.2, 0.25) is 6.29 Å². The molecule has 168 valence electrons. The molecule has 1 fully saturated rings. The van der Waals surface area contributed by atoms with E-state index in [-0.39, 0.29) is 11.8 Å². The number of carbonyl (C=O) groups is 2. The third kappa shape index (κ3) is 4.38. The van der Waals surface area contributed by atoms with Gasteiger partial charge in [0.25, 0.3) is 5.91 Å². The lowest BCUT2D eigenvalue weighted by Gasteiger charge is -2.23. The maximum absolute atomic E-state index is 12.1. The maximum atomic E-state index is 12.1. The van der Waals surface area contributed by atoms with E-state index in [0.29, 0.717) is 6.04 Å². The molecular formula is C23H23F3N4O2. The molecule has 2 N–H and O–H groups in total. The Balaban J connectivity index is 0.000000363. The summed E-state index contributed by atoms with van der Waals surface area (Å²) in [6.07, 6.45) is 0.758. The average Bonchev–Trinajstić information content (AvgIpc) is 3.41. The van der Waals surface area contributed by atoms with Crippen LogP contribution in [-0.2, 0) is 4.79 Å². The number of rotatable bonds is 3. The van der Waals surface area contributed by atoms with Crippen molar-refractivity contribution in [2.24, 2.45) is 0 Å². The predicted octanol–water partition coefficient (Wildman–Crippen LogP) is 4.43. The van der Waals surface area contributed by atoms with Gasteiger partial charge in [-0.25, -0.2) is 0 Å². The summed E-state index contributed by atoms with van der Waals surface area (Å²) in [5.41, 5.74) is 4.16. The lowest BCUT2D eigenvalue weighted by molar-refractivity contribution is -0.156. The first-order valence-electron chi connectivity index (χ1n) is 10.4. The number of nitrogens with one attached hydrogen (secondary N) is 2. The van der Waals surface area contributed by atoms with Crippen LogP contribution in [0.15, 0.2) is 42.7 Å². The Morgan fingerprint density at radius 1 is 1.19 bits per heavy atom. The van der Waals surface area contributed by atoms with Crippen molar-refractivity contribution in [1.29, 1.82) is 0 Å². The van der Waals surface area contributed by atoms with Gasteiger partial charge in [-0.2, -0.15) is 18.3 Å². The Bertz CT molecular complexity index is 1150. The highest BCUT2D eigenvalue weighted by atomic mass is 19.4. The van der Waals surface area contributed by atoms with Crippen LogP contribution < -0.4 is 10.6 Å². The van der Waals surface area contributed by atoms with Gasteiger partial charge < -0.3 is 10.6 Å². The van der Waals surface area contributed by atoms with E-state index in [4.69, 9.17) is 4.79 Å². The number of alkyl halides is 3. The van der Waals surface area contributed by atoms with Crippen molar-refractivity contribution in [2.45, 2.75) is 37.9 Å². The minimum absolute atomic E-state index is 0.00543. The van der Waals surface area contributed by atoms with Crippen LogP contribution in [0, 0.1) is 0 Å². The van der Waals surface area contributed by atoms with Crippen LogP contribution in [0.5, 0.6) is 0 Å². The highest BCUT2D eigenvalue weighted by Gasteiger charge is 2.25. The van der Waals surface area contributed by atoms with Crippen molar-refractivity contribution in [3.05, 3.63) is 59.4 Å². The SMILES string of the molecule is CC(c1cnn(C2CCNCC2)c1)c1ccc2c3c(cccc13)C(=O)N2.O=CC(F)(F)F. The summed E-state index contributed by atoms with van der Waals surface area (Å²) in [5.74, 6) is 0.222. The standard InChI is InChI=1S/C21H22N4O.C2HF3O/c1-13(14-11-23-25(12-14)15-7-9-22-10-8-15)16-5-6-19-20-17(16)3-2-4-18(20)21(26)24-19;3-2(4,5)1-6/h2-6,11-13,15,22H,7-10H2,1H3,(H,24,26);1H. The summed E-state index contributed by atoms with van der Waals surface area (Å²) < 4.78 is 33.4. The summed E-state index contributed by atoms with van der Waals surface area (Å²) in [7, 11) is 0. The Morgan fingerprint density at radius 2 is 1.91 bits per heavy atom. The Kier molecular flexibility index (Phi) is 6.01. The van der Waals surface area contributed by atoms with E-state index >= 15 is 0 Å². The number of hydrogen-bond donors (Lipinski definition) is 2. The average molecular weight is 444 g/mol. The predicted molar refractivity (Wildman–Crippen MR) is 115 cm³/mol. The molecule has 0 bridgehead atoms. The maximum Gasteiger partial charge on any atom is 0.446 e. The lowest BCUT2D eigenvalue weighted by Crippen LogP contribution is -2.29. The Hall–Kier alpha value is -3.20. The molecule has 3 heterocycles. The lowest BCUT2D eigenvalue weighted by atomic mass is 9.90. The second kappa shape index (κ2) is 8.74. The molecule has 0 saturated carbocycles. The molecule has 1 aromatic heterocycles. The number of benzene rings is 2. The fourth-order valence-electron chi connectivity index (χ4n) is 4.32. The van der Waals surface area contributed by atoms with E-state index in [0.717, 1.165) is 48.0 Å². The summed E-state index contributed by atoms with van der Waals surface area (Å²) in [6.45, 7) is 4.34. The van der Waals surface area contributed by atoms with Crippen LogP contribution in [0.2, 0.25) is 0 Å². The van der Waals surface area contributed by atoms with Crippen molar-refractivity contribution >= 4 is 28.7 Å². The van der Waals surface area contributed by atoms with Gasteiger partial charge in [0.15, 0.2) is 0 Å². The van der Waals surface area contributed by atoms with Crippen molar-refractivity contribution in [3.63, 3.8) is 0 Å². The molecular weight excluding hydrogens is 421 g/mol. The van der Waals surface area contributed by atoms with Gasteiger partial charge in [-0.05, 0) is 54.6 Å². The molecule has 32 heavy (non-hydrogen) atoms. The van der Waals surface area contributed by atoms with Crippen molar-refractivity contribution < 1.29 is 22.8 Å².